The molecule has 0 aromatic heterocycles. The summed E-state index contributed by atoms with van der Waals surface area (Å²) in [5, 5.41) is 12.1. The van der Waals surface area contributed by atoms with Crippen molar-refractivity contribution in [1.29, 1.82) is 0 Å². The molecular weight excluding hydrogens is 170 g/mol. The number of aliphatic hydroxyl groups is 1. The lowest BCUT2D eigenvalue weighted by Gasteiger charge is -2.35. The first kappa shape index (κ1) is 10.9. The van der Waals surface area contributed by atoms with Crippen molar-refractivity contribution in [2.24, 2.45) is 5.73 Å². The van der Waals surface area contributed by atoms with Gasteiger partial charge in [-0.3, -0.25) is 4.90 Å². The van der Waals surface area contributed by atoms with Crippen LogP contribution in [0.15, 0.2) is 0 Å². The maximum atomic E-state index is 8.82. The molecule has 1 fully saturated rings. The van der Waals surface area contributed by atoms with E-state index in [0.29, 0.717) is 19.7 Å². The topological polar surface area (TPSA) is 70.8 Å². The molecule has 0 aromatic carbocycles. The fraction of sp³-hybridized carbons (Fsp3) is 1.00. The predicted octanol–water partition coefficient (Wildman–Crippen LogP) is -1.81. The molecular formula is C8H19N3O2. The van der Waals surface area contributed by atoms with Crippen LogP contribution >= 0.6 is 0 Å². The lowest BCUT2D eigenvalue weighted by molar-refractivity contribution is -0.0721. The van der Waals surface area contributed by atoms with Crippen LogP contribution in [0.25, 0.3) is 0 Å². The van der Waals surface area contributed by atoms with Gasteiger partial charge >= 0.3 is 0 Å². The second-order valence-corrected chi connectivity index (χ2v) is 3.08. The molecule has 1 aliphatic rings. The summed E-state index contributed by atoms with van der Waals surface area (Å²) in [7, 11) is 0. The van der Waals surface area contributed by atoms with Crippen molar-refractivity contribution in [1.82, 2.24) is 10.2 Å². The summed E-state index contributed by atoms with van der Waals surface area (Å²) < 4.78 is 5.52. The van der Waals surface area contributed by atoms with Crippen molar-refractivity contribution in [2.45, 2.75) is 6.23 Å². The molecule has 78 valence electrons. The minimum atomic E-state index is 0.0736. The van der Waals surface area contributed by atoms with Crippen LogP contribution in [-0.4, -0.2) is 62.2 Å². The Bertz CT molecular complexity index is 133. The first-order valence-corrected chi connectivity index (χ1v) is 4.75. The van der Waals surface area contributed by atoms with Crippen LogP contribution in [0.1, 0.15) is 0 Å². The number of nitrogens with zero attached hydrogens (tertiary/aromatic N) is 1. The Morgan fingerprint density at radius 2 is 2.46 bits per heavy atom. The highest BCUT2D eigenvalue weighted by Gasteiger charge is 2.21. The minimum absolute atomic E-state index is 0.0736. The Morgan fingerprint density at radius 1 is 1.62 bits per heavy atom. The minimum Gasteiger partial charge on any atom is -0.395 e. The molecule has 0 aromatic rings. The van der Waals surface area contributed by atoms with Gasteiger partial charge in [-0.2, -0.15) is 0 Å². The van der Waals surface area contributed by atoms with Gasteiger partial charge in [0.25, 0.3) is 0 Å². The highest BCUT2D eigenvalue weighted by atomic mass is 16.5. The number of ether oxygens (including phenoxy) is 1. The van der Waals surface area contributed by atoms with E-state index in [-0.39, 0.29) is 12.8 Å². The van der Waals surface area contributed by atoms with Crippen LogP contribution in [0.3, 0.4) is 0 Å². The van der Waals surface area contributed by atoms with Gasteiger partial charge in [0.1, 0.15) is 6.23 Å². The lowest BCUT2D eigenvalue weighted by atomic mass is 10.3. The van der Waals surface area contributed by atoms with E-state index < -0.39 is 0 Å². The monoisotopic (exact) mass is 189 g/mol. The standard InChI is InChI=1S/C8H19N3O2/c9-1-6-13-8-7-10-2-3-11(8)4-5-12/h8,10,12H,1-7,9H2. The van der Waals surface area contributed by atoms with E-state index in [4.69, 9.17) is 15.6 Å². The van der Waals surface area contributed by atoms with E-state index in [2.05, 4.69) is 10.2 Å². The molecule has 1 saturated heterocycles. The zero-order chi connectivity index (χ0) is 9.52. The fourth-order valence-corrected chi connectivity index (χ4v) is 1.47. The molecule has 5 nitrogen and oxygen atoms in total. The van der Waals surface area contributed by atoms with Crippen LogP contribution in [0.2, 0.25) is 0 Å². The van der Waals surface area contributed by atoms with E-state index >= 15 is 0 Å². The Hall–Kier alpha value is -0.200. The van der Waals surface area contributed by atoms with Crippen molar-refractivity contribution < 1.29 is 9.84 Å². The molecule has 4 N–H and O–H groups in total. The van der Waals surface area contributed by atoms with Crippen molar-refractivity contribution in [2.75, 3.05) is 45.9 Å². The Labute approximate surface area is 78.8 Å². The molecule has 0 amide bonds. The third-order valence-electron chi connectivity index (χ3n) is 2.12. The Balaban J connectivity index is 2.28. The Kier molecular flexibility index (Phi) is 5.26. The third-order valence-corrected chi connectivity index (χ3v) is 2.12. The summed E-state index contributed by atoms with van der Waals surface area (Å²) in [6.07, 6.45) is 0.0736. The van der Waals surface area contributed by atoms with Gasteiger partial charge in [0, 0.05) is 32.7 Å². The maximum absolute atomic E-state index is 8.82. The van der Waals surface area contributed by atoms with Gasteiger partial charge in [-0.05, 0) is 0 Å². The number of nitrogens with one attached hydrogen (secondary N) is 1. The molecule has 0 saturated carbocycles. The quantitative estimate of drug-likeness (QED) is 0.475. The number of aliphatic hydroxyl groups excluding tert-OH is 1. The summed E-state index contributed by atoms with van der Waals surface area (Å²) >= 11 is 0. The van der Waals surface area contributed by atoms with Crippen LogP contribution in [0.5, 0.6) is 0 Å². The van der Waals surface area contributed by atoms with Gasteiger partial charge in [0.05, 0.1) is 13.2 Å². The number of nitrogens with two attached hydrogens (primary N) is 1. The van der Waals surface area contributed by atoms with Crippen LogP contribution in [-0.2, 0) is 4.74 Å². The number of β-amino-alcohol motifs (C(OH)–C–C–N with tert-alkyl or cyclic N) is 1. The normalized spacial score (nSPS) is 24.9. The molecule has 0 spiro atoms. The van der Waals surface area contributed by atoms with Gasteiger partial charge in [-0.25, -0.2) is 0 Å². The van der Waals surface area contributed by atoms with Gasteiger partial charge in [-0.1, -0.05) is 0 Å². The molecule has 0 aliphatic carbocycles. The highest BCUT2D eigenvalue weighted by Crippen LogP contribution is 2.03. The molecule has 1 heterocycles. The molecule has 13 heavy (non-hydrogen) atoms. The van der Waals surface area contributed by atoms with Crippen molar-refractivity contribution in [3.63, 3.8) is 0 Å². The maximum Gasteiger partial charge on any atom is 0.123 e. The number of rotatable bonds is 5. The SMILES string of the molecule is NCCOC1CNCCN1CCO. The first-order valence-electron chi connectivity index (χ1n) is 4.75. The molecule has 1 rings (SSSR count). The fourth-order valence-electron chi connectivity index (χ4n) is 1.47. The average molecular weight is 189 g/mol. The summed E-state index contributed by atoms with van der Waals surface area (Å²) in [6.45, 7) is 4.69. The van der Waals surface area contributed by atoms with Gasteiger partial charge in [-0.15, -0.1) is 0 Å². The van der Waals surface area contributed by atoms with Gasteiger partial charge < -0.3 is 20.9 Å². The number of hydrogen-bond acceptors (Lipinski definition) is 5. The van der Waals surface area contributed by atoms with E-state index in [0.717, 1.165) is 19.6 Å². The molecule has 1 aliphatic heterocycles. The van der Waals surface area contributed by atoms with Crippen LogP contribution in [0, 0.1) is 0 Å². The van der Waals surface area contributed by atoms with E-state index in [1.807, 2.05) is 0 Å². The predicted molar refractivity (Wildman–Crippen MR) is 50.3 cm³/mol. The van der Waals surface area contributed by atoms with Crippen LogP contribution < -0.4 is 11.1 Å². The first-order chi connectivity index (χ1) is 6.38. The van der Waals surface area contributed by atoms with Crippen molar-refractivity contribution in [3.8, 4) is 0 Å². The number of hydrogen-bond donors (Lipinski definition) is 3. The molecule has 1 atom stereocenters. The van der Waals surface area contributed by atoms with Gasteiger partial charge in [0.2, 0.25) is 0 Å². The lowest BCUT2D eigenvalue weighted by Crippen LogP contribution is -2.53. The van der Waals surface area contributed by atoms with E-state index in [1.54, 1.807) is 0 Å². The molecule has 5 heteroatoms. The van der Waals surface area contributed by atoms with Gasteiger partial charge in [0.15, 0.2) is 0 Å². The summed E-state index contributed by atoms with van der Waals surface area (Å²) in [6, 6.07) is 0. The van der Waals surface area contributed by atoms with Crippen molar-refractivity contribution in [3.05, 3.63) is 0 Å². The summed E-state index contributed by atoms with van der Waals surface area (Å²) in [4.78, 5) is 2.13. The highest BCUT2D eigenvalue weighted by molar-refractivity contribution is 4.72. The molecule has 0 radical (unpaired) electrons. The largest absolute Gasteiger partial charge is 0.395 e. The molecule has 0 bridgehead atoms. The number of piperazine rings is 1. The van der Waals surface area contributed by atoms with E-state index in [1.165, 1.54) is 0 Å². The van der Waals surface area contributed by atoms with Crippen LogP contribution in [0.4, 0.5) is 0 Å². The van der Waals surface area contributed by atoms with Crippen molar-refractivity contribution >= 4 is 0 Å². The average Bonchev–Trinajstić information content (AvgIpc) is 2.17. The zero-order valence-corrected chi connectivity index (χ0v) is 7.91. The molecule has 1 unspecified atom stereocenters. The summed E-state index contributed by atoms with van der Waals surface area (Å²) in [5.41, 5.74) is 5.35. The second-order valence-electron chi connectivity index (χ2n) is 3.08. The third kappa shape index (κ3) is 3.58. The zero-order valence-electron chi connectivity index (χ0n) is 7.91. The second kappa shape index (κ2) is 6.28. The smallest absolute Gasteiger partial charge is 0.123 e. The summed E-state index contributed by atoms with van der Waals surface area (Å²) in [5.74, 6) is 0. The van der Waals surface area contributed by atoms with E-state index in [9.17, 15) is 0 Å². The Morgan fingerprint density at radius 3 is 3.15 bits per heavy atom.